The standard InChI is InChI=1S/C17H18FNS/c18-15-6-9-17(14(10-15)11-19-16-7-8-16)20-12-13-4-2-1-3-5-13/h1-6,9-10,16,19H,7-8,11-12H2. The molecular weight excluding hydrogens is 269 g/mol. The molecule has 0 heterocycles. The van der Waals surface area contributed by atoms with Crippen LogP contribution in [0.3, 0.4) is 0 Å². The second kappa shape index (κ2) is 6.42. The predicted molar refractivity (Wildman–Crippen MR) is 82.3 cm³/mol. The molecule has 1 N–H and O–H groups in total. The molecule has 0 amide bonds. The summed E-state index contributed by atoms with van der Waals surface area (Å²) in [5.41, 5.74) is 2.36. The largest absolute Gasteiger partial charge is 0.310 e. The third kappa shape index (κ3) is 3.84. The molecular formula is C17H18FNS. The van der Waals surface area contributed by atoms with Gasteiger partial charge in [0.25, 0.3) is 0 Å². The van der Waals surface area contributed by atoms with Crippen LogP contribution >= 0.6 is 11.8 Å². The maximum absolute atomic E-state index is 13.4. The van der Waals surface area contributed by atoms with Crippen LogP contribution in [0.5, 0.6) is 0 Å². The molecule has 20 heavy (non-hydrogen) atoms. The molecule has 0 bridgehead atoms. The Kier molecular flexibility index (Phi) is 4.38. The Hall–Kier alpha value is -1.32. The number of thioether (sulfide) groups is 1. The van der Waals surface area contributed by atoms with E-state index in [1.54, 1.807) is 23.9 Å². The van der Waals surface area contributed by atoms with Crippen molar-refractivity contribution in [1.29, 1.82) is 0 Å². The minimum Gasteiger partial charge on any atom is -0.310 e. The van der Waals surface area contributed by atoms with Gasteiger partial charge in [0.15, 0.2) is 0 Å². The fourth-order valence-electron chi connectivity index (χ4n) is 2.10. The number of benzene rings is 2. The normalized spacial score (nSPS) is 14.4. The summed E-state index contributed by atoms with van der Waals surface area (Å²) in [4.78, 5) is 1.17. The maximum Gasteiger partial charge on any atom is 0.123 e. The van der Waals surface area contributed by atoms with Crippen LogP contribution in [0, 0.1) is 5.82 Å². The number of rotatable bonds is 6. The molecule has 2 aromatic carbocycles. The molecule has 1 nitrogen and oxygen atoms in total. The summed E-state index contributed by atoms with van der Waals surface area (Å²) in [5.74, 6) is 0.768. The average molecular weight is 287 g/mol. The summed E-state index contributed by atoms with van der Waals surface area (Å²) in [7, 11) is 0. The predicted octanol–water partition coefficient (Wildman–Crippen LogP) is 4.37. The Morgan fingerprint density at radius 1 is 1.10 bits per heavy atom. The lowest BCUT2D eigenvalue weighted by molar-refractivity contribution is 0.616. The molecule has 0 saturated heterocycles. The quantitative estimate of drug-likeness (QED) is 0.792. The SMILES string of the molecule is Fc1ccc(SCc2ccccc2)c(CNC2CC2)c1. The van der Waals surface area contributed by atoms with E-state index in [0.717, 1.165) is 17.9 Å². The van der Waals surface area contributed by atoms with E-state index in [1.165, 1.54) is 23.3 Å². The number of halogens is 1. The summed E-state index contributed by atoms with van der Waals surface area (Å²) in [6, 6.07) is 16.1. The van der Waals surface area contributed by atoms with Crippen molar-refractivity contribution in [1.82, 2.24) is 5.32 Å². The molecule has 1 aliphatic carbocycles. The average Bonchev–Trinajstić information content (AvgIpc) is 3.29. The molecule has 2 aromatic rings. The van der Waals surface area contributed by atoms with Crippen LogP contribution < -0.4 is 5.32 Å². The summed E-state index contributed by atoms with van der Waals surface area (Å²) in [5, 5.41) is 3.46. The van der Waals surface area contributed by atoms with E-state index in [-0.39, 0.29) is 5.82 Å². The Balaban J connectivity index is 1.67. The van der Waals surface area contributed by atoms with Crippen molar-refractivity contribution in [3.63, 3.8) is 0 Å². The molecule has 3 rings (SSSR count). The van der Waals surface area contributed by atoms with E-state index in [2.05, 4.69) is 29.6 Å². The van der Waals surface area contributed by atoms with Crippen LogP contribution in [0.4, 0.5) is 4.39 Å². The van der Waals surface area contributed by atoms with Crippen LogP contribution in [-0.4, -0.2) is 6.04 Å². The molecule has 0 spiro atoms. The first-order chi connectivity index (χ1) is 9.81. The summed E-state index contributed by atoms with van der Waals surface area (Å²) < 4.78 is 13.4. The van der Waals surface area contributed by atoms with Crippen LogP contribution in [-0.2, 0) is 12.3 Å². The molecule has 0 radical (unpaired) electrons. The fourth-order valence-corrected chi connectivity index (χ4v) is 3.10. The Bertz CT molecular complexity index is 566. The molecule has 0 aliphatic heterocycles. The second-order valence-corrected chi connectivity index (χ2v) is 6.20. The van der Waals surface area contributed by atoms with Crippen molar-refractivity contribution >= 4 is 11.8 Å². The lowest BCUT2D eigenvalue weighted by Gasteiger charge is -2.10. The lowest BCUT2D eigenvalue weighted by Crippen LogP contribution is -2.16. The van der Waals surface area contributed by atoms with E-state index in [0.29, 0.717) is 6.04 Å². The monoisotopic (exact) mass is 287 g/mol. The zero-order valence-corrected chi connectivity index (χ0v) is 12.1. The lowest BCUT2D eigenvalue weighted by atomic mass is 10.2. The number of hydrogen-bond acceptors (Lipinski definition) is 2. The van der Waals surface area contributed by atoms with Crippen molar-refractivity contribution in [2.75, 3.05) is 0 Å². The minimum absolute atomic E-state index is 0.151. The van der Waals surface area contributed by atoms with Crippen LogP contribution in [0.15, 0.2) is 53.4 Å². The van der Waals surface area contributed by atoms with Crippen molar-refractivity contribution < 1.29 is 4.39 Å². The van der Waals surface area contributed by atoms with Gasteiger partial charge in [-0.25, -0.2) is 4.39 Å². The van der Waals surface area contributed by atoms with Crippen LogP contribution in [0.1, 0.15) is 24.0 Å². The van der Waals surface area contributed by atoms with Crippen molar-refractivity contribution in [2.45, 2.75) is 36.1 Å². The van der Waals surface area contributed by atoms with Crippen LogP contribution in [0.25, 0.3) is 0 Å². The third-order valence-corrected chi connectivity index (χ3v) is 4.61. The van der Waals surface area contributed by atoms with E-state index >= 15 is 0 Å². The van der Waals surface area contributed by atoms with Gasteiger partial charge in [0.05, 0.1) is 0 Å². The summed E-state index contributed by atoms with van der Waals surface area (Å²) in [6.07, 6.45) is 2.50. The van der Waals surface area contributed by atoms with E-state index in [9.17, 15) is 4.39 Å². The van der Waals surface area contributed by atoms with Gasteiger partial charge >= 0.3 is 0 Å². The van der Waals surface area contributed by atoms with E-state index in [1.807, 2.05) is 12.1 Å². The molecule has 0 unspecified atom stereocenters. The van der Waals surface area contributed by atoms with Gasteiger partial charge in [-0.3, -0.25) is 0 Å². The van der Waals surface area contributed by atoms with Gasteiger partial charge in [-0.15, -0.1) is 11.8 Å². The van der Waals surface area contributed by atoms with Gasteiger partial charge in [0.1, 0.15) is 5.82 Å². The minimum atomic E-state index is -0.151. The molecule has 1 saturated carbocycles. The molecule has 1 fully saturated rings. The Morgan fingerprint density at radius 3 is 2.65 bits per heavy atom. The smallest absolute Gasteiger partial charge is 0.123 e. The molecule has 0 aromatic heterocycles. The number of nitrogens with one attached hydrogen (secondary N) is 1. The maximum atomic E-state index is 13.4. The highest BCUT2D eigenvalue weighted by molar-refractivity contribution is 7.98. The highest BCUT2D eigenvalue weighted by atomic mass is 32.2. The number of hydrogen-bond donors (Lipinski definition) is 1. The summed E-state index contributed by atoms with van der Waals surface area (Å²) in [6.45, 7) is 0.763. The Morgan fingerprint density at radius 2 is 1.90 bits per heavy atom. The first-order valence-electron chi connectivity index (χ1n) is 7.00. The zero-order chi connectivity index (χ0) is 13.8. The third-order valence-electron chi connectivity index (χ3n) is 3.42. The van der Waals surface area contributed by atoms with Gasteiger partial charge in [-0.05, 0) is 42.2 Å². The first kappa shape index (κ1) is 13.7. The van der Waals surface area contributed by atoms with Crippen molar-refractivity contribution in [3.05, 3.63) is 65.5 Å². The molecule has 104 valence electrons. The fraction of sp³-hybridized carbons (Fsp3) is 0.294. The zero-order valence-electron chi connectivity index (χ0n) is 11.3. The van der Waals surface area contributed by atoms with Gasteiger partial charge < -0.3 is 5.32 Å². The highest BCUT2D eigenvalue weighted by Crippen LogP contribution is 2.28. The molecule has 3 heteroatoms. The van der Waals surface area contributed by atoms with Gasteiger partial charge in [0.2, 0.25) is 0 Å². The molecule has 1 aliphatic rings. The van der Waals surface area contributed by atoms with Gasteiger partial charge in [0, 0.05) is 23.2 Å². The van der Waals surface area contributed by atoms with Crippen molar-refractivity contribution in [2.24, 2.45) is 0 Å². The van der Waals surface area contributed by atoms with E-state index < -0.39 is 0 Å². The molecule has 0 atom stereocenters. The van der Waals surface area contributed by atoms with Gasteiger partial charge in [-0.2, -0.15) is 0 Å². The summed E-state index contributed by atoms with van der Waals surface area (Å²) >= 11 is 1.77. The van der Waals surface area contributed by atoms with Crippen LogP contribution in [0.2, 0.25) is 0 Å². The highest BCUT2D eigenvalue weighted by Gasteiger charge is 2.20. The van der Waals surface area contributed by atoms with Gasteiger partial charge in [-0.1, -0.05) is 30.3 Å². The van der Waals surface area contributed by atoms with Crippen molar-refractivity contribution in [3.8, 4) is 0 Å². The first-order valence-corrected chi connectivity index (χ1v) is 7.98. The van der Waals surface area contributed by atoms with E-state index in [4.69, 9.17) is 0 Å². The second-order valence-electron chi connectivity index (χ2n) is 5.18. The Labute approximate surface area is 123 Å². The topological polar surface area (TPSA) is 12.0 Å².